The fourth-order valence-corrected chi connectivity index (χ4v) is 4.19. The van der Waals surface area contributed by atoms with Crippen molar-refractivity contribution in [2.75, 3.05) is 20.2 Å². The number of aryl methyl sites for hydroxylation is 1. The summed E-state index contributed by atoms with van der Waals surface area (Å²) in [4.78, 5) is 30.2. The van der Waals surface area contributed by atoms with E-state index >= 15 is 0 Å². The number of piperazine rings is 1. The van der Waals surface area contributed by atoms with Crippen LogP contribution in [0.1, 0.15) is 28.1 Å². The Morgan fingerprint density at radius 2 is 2.00 bits per heavy atom. The molecule has 142 valence electrons. The van der Waals surface area contributed by atoms with Gasteiger partial charge in [0.1, 0.15) is 11.8 Å². The number of carbonyl (C=O) groups is 2. The van der Waals surface area contributed by atoms with Crippen LogP contribution < -0.4 is 0 Å². The number of ether oxygens (including phenoxy) is 1. The molecule has 6 heteroatoms. The summed E-state index contributed by atoms with van der Waals surface area (Å²) < 4.78 is 10.8. The van der Waals surface area contributed by atoms with Gasteiger partial charge in [-0.2, -0.15) is 0 Å². The van der Waals surface area contributed by atoms with Crippen molar-refractivity contribution in [1.82, 2.24) is 9.80 Å². The van der Waals surface area contributed by atoms with Gasteiger partial charge in [-0.15, -0.1) is 0 Å². The highest BCUT2D eigenvalue weighted by Crippen LogP contribution is 2.30. The van der Waals surface area contributed by atoms with Gasteiger partial charge < -0.3 is 19.0 Å². The van der Waals surface area contributed by atoms with Crippen molar-refractivity contribution < 1.29 is 18.7 Å². The predicted molar refractivity (Wildman–Crippen MR) is 99.3 cm³/mol. The molecule has 0 saturated carbocycles. The molecule has 2 aliphatic rings. The third kappa shape index (κ3) is 3.25. The Balaban J connectivity index is 1.66. The lowest BCUT2D eigenvalue weighted by Gasteiger charge is -2.42. The molecule has 6 nitrogen and oxygen atoms in total. The van der Waals surface area contributed by atoms with E-state index in [4.69, 9.17) is 9.15 Å². The maximum Gasteiger partial charge on any atom is 0.258 e. The lowest BCUT2D eigenvalue weighted by atomic mass is 9.98. The maximum atomic E-state index is 13.3. The minimum Gasteiger partial charge on any atom is -0.469 e. The zero-order valence-corrected chi connectivity index (χ0v) is 15.6. The molecule has 2 amide bonds. The second-order valence-electron chi connectivity index (χ2n) is 7.29. The van der Waals surface area contributed by atoms with E-state index in [9.17, 15) is 9.59 Å². The molecular formula is C21H24N2O4. The zero-order valence-electron chi connectivity index (χ0n) is 15.6. The van der Waals surface area contributed by atoms with E-state index in [1.165, 1.54) is 6.26 Å². The topological polar surface area (TPSA) is 63.0 Å². The van der Waals surface area contributed by atoms with Gasteiger partial charge in [0.25, 0.3) is 5.91 Å². The Kier molecular flexibility index (Phi) is 4.74. The van der Waals surface area contributed by atoms with E-state index in [0.29, 0.717) is 30.8 Å². The molecule has 1 aromatic carbocycles. The van der Waals surface area contributed by atoms with E-state index in [0.717, 1.165) is 12.0 Å². The first-order valence-corrected chi connectivity index (χ1v) is 9.30. The van der Waals surface area contributed by atoms with E-state index in [1.807, 2.05) is 35.2 Å². The first-order valence-electron chi connectivity index (χ1n) is 9.30. The summed E-state index contributed by atoms with van der Waals surface area (Å²) in [7, 11) is 1.67. The lowest BCUT2D eigenvalue weighted by molar-refractivity contribution is -0.142. The van der Waals surface area contributed by atoms with Crippen LogP contribution >= 0.6 is 0 Å². The van der Waals surface area contributed by atoms with Crippen molar-refractivity contribution >= 4 is 11.8 Å². The van der Waals surface area contributed by atoms with Crippen LogP contribution in [0.2, 0.25) is 0 Å². The molecule has 2 saturated heterocycles. The molecule has 4 rings (SSSR count). The lowest BCUT2D eigenvalue weighted by Crippen LogP contribution is -2.61. The van der Waals surface area contributed by atoms with Crippen LogP contribution in [-0.4, -0.2) is 60.0 Å². The van der Waals surface area contributed by atoms with E-state index in [1.54, 1.807) is 25.0 Å². The molecule has 3 atom stereocenters. The molecule has 2 aromatic rings. The number of carbonyl (C=O) groups excluding carboxylic acids is 2. The SMILES string of the molecule is CO[C@H]1C[C@H]2CN(C(=O)c3ccoc3C)[C@@H](Cc3ccccc3)C(=O)N2C1. The number of benzene rings is 1. The van der Waals surface area contributed by atoms with Crippen LogP contribution in [0.4, 0.5) is 0 Å². The molecule has 2 fully saturated rings. The van der Waals surface area contributed by atoms with Crippen LogP contribution in [0.25, 0.3) is 0 Å². The molecule has 3 heterocycles. The summed E-state index contributed by atoms with van der Waals surface area (Å²) >= 11 is 0. The highest BCUT2D eigenvalue weighted by atomic mass is 16.5. The fourth-order valence-electron chi connectivity index (χ4n) is 4.19. The average molecular weight is 368 g/mol. The summed E-state index contributed by atoms with van der Waals surface area (Å²) in [5.74, 6) is 0.440. The van der Waals surface area contributed by atoms with Gasteiger partial charge in [-0.3, -0.25) is 9.59 Å². The number of fused-ring (bicyclic) bond motifs is 1. The van der Waals surface area contributed by atoms with Crippen LogP contribution in [0.3, 0.4) is 0 Å². The molecule has 0 bridgehead atoms. The second kappa shape index (κ2) is 7.19. The molecule has 0 spiro atoms. The Morgan fingerprint density at radius 3 is 2.67 bits per heavy atom. The van der Waals surface area contributed by atoms with Crippen LogP contribution in [0.15, 0.2) is 47.1 Å². The van der Waals surface area contributed by atoms with Gasteiger partial charge in [-0.25, -0.2) is 0 Å². The number of methoxy groups -OCH3 is 1. The molecular weight excluding hydrogens is 344 g/mol. The highest BCUT2D eigenvalue weighted by Gasteiger charge is 2.47. The van der Waals surface area contributed by atoms with E-state index in [2.05, 4.69) is 0 Å². The summed E-state index contributed by atoms with van der Waals surface area (Å²) in [5, 5.41) is 0. The standard InChI is InChI=1S/C21H24N2O4/c1-14-18(8-9-27-14)20(24)23-12-16-11-17(26-2)13-22(16)21(25)19(23)10-15-6-4-3-5-7-15/h3-9,16-17,19H,10-13H2,1-2H3/t16-,17-,19-/m0/s1. The molecule has 27 heavy (non-hydrogen) atoms. The minimum absolute atomic E-state index is 0.00384. The number of hydrogen-bond donors (Lipinski definition) is 0. The smallest absolute Gasteiger partial charge is 0.258 e. The summed E-state index contributed by atoms with van der Waals surface area (Å²) in [6.07, 6.45) is 2.81. The minimum atomic E-state index is -0.513. The van der Waals surface area contributed by atoms with Crippen molar-refractivity contribution in [2.45, 2.75) is 38.0 Å². The third-order valence-electron chi connectivity index (χ3n) is 5.68. The number of nitrogens with zero attached hydrogens (tertiary/aromatic N) is 2. The summed E-state index contributed by atoms with van der Waals surface area (Å²) in [6, 6.07) is 11.0. The normalized spacial score (nSPS) is 25.0. The van der Waals surface area contributed by atoms with Crippen molar-refractivity contribution in [2.24, 2.45) is 0 Å². The van der Waals surface area contributed by atoms with Gasteiger partial charge in [0.05, 0.1) is 24.0 Å². The number of furan rings is 1. The van der Waals surface area contributed by atoms with Crippen LogP contribution in [0.5, 0.6) is 0 Å². The average Bonchev–Trinajstić information content (AvgIpc) is 3.30. The molecule has 0 aliphatic carbocycles. The maximum absolute atomic E-state index is 13.3. The van der Waals surface area contributed by atoms with E-state index in [-0.39, 0.29) is 24.0 Å². The van der Waals surface area contributed by atoms with Crippen LogP contribution in [0, 0.1) is 6.92 Å². The van der Waals surface area contributed by atoms with Gasteiger partial charge >= 0.3 is 0 Å². The summed E-state index contributed by atoms with van der Waals surface area (Å²) in [5.41, 5.74) is 1.56. The highest BCUT2D eigenvalue weighted by molar-refractivity contribution is 5.99. The van der Waals surface area contributed by atoms with Gasteiger partial charge in [-0.05, 0) is 25.0 Å². The molecule has 1 aromatic heterocycles. The number of amides is 2. The molecule has 0 radical (unpaired) electrons. The van der Waals surface area contributed by atoms with Crippen molar-refractivity contribution in [3.05, 3.63) is 59.5 Å². The largest absolute Gasteiger partial charge is 0.469 e. The first-order chi connectivity index (χ1) is 13.1. The van der Waals surface area contributed by atoms with Gasteiger partial charge in [0.2, 0.25) is 5.91 Å². The van der Waals surface area contributed by atoms with Crippen molar-refractivity contribution in [3.8, 4) is 0 Å². The monoisotopic (exact) mass is 368 g/mol. The van der Waals surface area contributed by atoms with Gasteiger partial charge in [0, 0.05) is 26.6 Å². The predicted octanol–water partition coefficient (Wildman–Crippen LogP) is 2.27. The Hall–Kier alpha value is -2.60. The summed E-state index contributed by atoms with van der Waals surface area (Å²) in [6.45, 7) is 2.89. The van der Waals surface area contributed by atoms with Crippen molar-refractivity contribution in [1.29, 1.82) is 0 Å². The fraction of sp³-hybridized carbons (Fsp3) is 0.429. The first kappa shape index (κ1) is 17.8. The van der Waals surface area contributed by atoms with Gasteiger partial charge in [-0.1, -0.05) is 30.3 Å². The van der Waals surface area contributed by atoms with Crippen molar-refractivity contribution in [3.63, 3.8) is 0 Å². The third-order valence-corrected chi connectivity index (χ3v) is 5.68. The molecule has 0 unspecified atom stereocenters. The second-order valence-corrected chi connectivity index (χ2v) is 7.29. The Bertz CT molecular complexity index is 832. The van der Waals surface area contributed by atoms with Gasteiger partial charge in [0.15, 0.2) is 0 Å². The molecule has 0 N–H and O–H groups in total. The number of rotatable bonds is 4. The Morgan fingerprint density at radius 1 is 1.22 bits per heavy atom. The Labute approximate surface area is 158 Å². The van der Waals surface area contributed by atoms with E-state index < -0.39 is 6.04 Å². The van der Waals surface area contributed by atoms with Crippen LogP contribution in [-0.2, 0) is 16.0 Å². The quantitative estimate of drug-likeness (QED) is 0.831. The number of hydrogen-bond acceptors (Lipinski definition) is 4. The molecule has 2 aliphatic heterocycles. The zero-order chi connectivity index (χ0) is 19.0.